The molecule has 0 aliphatic rings. The van der Waals surface area contributed by atoms with Gasteiger partial charge in [-0.3, -0.25) is 0 Å². The number of para-hydroxylation sites is 1. The molecule has 0 fully saturated rings. The monoisotopic (exact) mass is 209 g/mol. The Balaban J connectivity index is 2.33. The molecule has 0 radical (unpaired) electrons. The number of halogens is 1. The Morgan fingerprint density at radius 3 is 3.13 bits per heavy atom. The highest BCUT2D eigenvalue weighted by atomic mass is 19.1. The number of nitrogens with two attached hydrogens (primary N) is 1. The van der Waals surface area contributed by atoms with Crippen molar-refractivity contribution in [2.75, 3.05) is 11.9 Å². The summed E-state index contributed by atoms with van der Waals surface area (Å²) >= 11 is 0. The zero-order valence-corrected chi connectivity index (χ0v) is 8.33. The van der Waals surface area contributed by atoms with Crippen molar-refractivity contribution in [1.29, 1.82) is 0 Å². The van der Waals surface area contributed by atoms with Crippen molar-refractivity contribution < 1.29 is 8.91 Å². The van der Waals surface area contributed by atoms with Gasteiger partial charge in [-0.1, -0.05) is 11.2 Å². The molecule has 80 valence electrons. The Kier molecular flexibility index (Phi) is 2.55. The van der Waals surface area contributed by atoms with Crippen molar-refractivity contribution in [3.8, 4) is 0 Å². The average Bonchev–Trinajstić information content (AvgIpc) is 2.59. The minimum absolute atomic E-state index is 0.00492. The lowest BCUT2D eigenvalue weighted by Crippen LogP contribution is -2.25. The number of hydrogen-bond acceptors (Lipinski definition) is 4. The summed E-state index contributed by atoms with van der Waals surface area (Å²) in [5.74, 6) is 0.121. The Hall–Kier alpha value is -1.62. The predicted octanol–water partition coefficient (Wildman–Crippen LogP) is 1.73. The Morgan fingerprint density at radius 2 is 2.40 bits per heavy atom. The van der Waals surface area contributed by atoms with Gasteiger partial charge < -0.3 is 15.6 Å². The maximum atomic E-state index is 13.2. The van der Waals surface area contributed by atoms with Gasteiger partial charge in [-0.05, 0) is 19.1 Å². The fourth-order valence-corrected chi connectivity index (χ4v) is 1.31. The number of nitrogens with zero attached hydrogens (tertiary/aromatic N) is 1. The van der Waals surface area contributed by atoms with Crippen LogP contribution >= 0.6 is 0 Å². The quantitative estimate of drug-likeness (QED) is 0.808. The second-order valence-corrected chi connectivity index (χ2v) is 3.51. The van der Waals surface area contributed by atoms with Crippen molar-refractivity contribution in [2.45, 2.75) is 13.0 Å². The van der Waals surface area contributed by atoms with Gasteiger partial charge in [0.05, 0.1) is 5.39 Å². The normalized spacial score (nSPS) is 13.0. The summed E-state index contributed by atoms with van der Waals surface area (Å²) in [5, 5.41) is 7.38. The van der Waals surface area contributed by atoms with Crippen molar-refractivity contribution >= 4 is 16.8 Å². The number of benzene rings is 1. The molecule has 15 heavy (non-hydrogen) atoms. The molecule has 2 rings (SSSR count). The lowest BCUT2D eigenvalue weighted by Gasteiger charge is -2.05. The van der Waals surface area contributed by atoms with Crippen molar-refractivity contribution in [2.24, 2.45) is 5.73 Å². The molecule has 3 N–H and O–H groups in total. The third-order valence-corrected chi connectivity index (χ3v) is 2.04. The van der Waals surface area contributed by atoms with Crippen LogP contribution in [0.2, 0.25) is 0 Å². The van der Waals surface area contributed by atoms with Crippen LogP contribution in [0.1, 0.15) is 6.92 Å². The average molecular weight is 209 g/mol. The molecule has 1 heterocycles. The minimum Gasteiger partial charge on any atom is -0.365 e. The molecule has 1 atom stereocenters. The topological polar surface area (TPSA) is 64.1 Å². The van der Waals surface area contributed by atoms with Gasteiger partial charge in [-0.15, -0.1) is 0 Å². The molecular formula is C10H12FN3O. The number of nitrogens with one attached hydrogen (secondary N) is 1. The molecule has 0 saturated heterocycles. The lowest BCUT2D eigenvalue weighted by atomic mass is 10.2. The number of fused-ring (bicyclic) bond motifs is 1. The van der Waals surface area contributed by atoms with E-state index in [2.05, 4.69) is 10.5 Å². The zero-order valence-electron chi connectivity index (χ0n) is 8.33. The van der Waals surface area contributed by atoms with E-state index in [0.29, 0.717) is 17.7 Å². The van der Waals surface area contributed by atoms with Crippen molar-refractivity contribution in [3.05, 3.63) is 24.0 Å². The highest BCUT2D eigenvalue weighted by Crippen LogP contribution is 2.24. The van der Waals surface area contributed by atoms with E-state index >= 15 is 0 Å². The van der Waals surface area contributed by atoms with Crippen LogP contribution in [0.25, 0.3) is 11.0 Å². The number of anilines is 1. The molecule has 1 aromatic heterocycles. The van der Waals surface area contributed by atoms with E-state index in [1.807, 2.05) is 6.92 Å². The van der Waals surface area contributed by atoms with Crippen LogP contribution in [0.15, 0.2) is 22.7 Å². The molecule has 0 aliphatic carbocycles. The standard InChI is InChI=1S/C10H12FN3O/c1-6(12)5-13-10-7-3-2-4-8(11)9(7)15-14-10/h2-4,6H,5,12H2,1H3,(H,13,14). The van der Waals surface area contributed by atoms with Crippen LogP contribution < -0.4 is 11.1 Å². The molecule has 0 bridgehead atoms. The van der Waals surface area contributed by atoms with E-state index in [9.17, 15) is 4.39 Å². The summed E-state index contributed by atoms with van der Waals surface area (Å²) in [5.41, 5.74) is 5.76. The van der Waals surface area contributed by atoms with Crippen LogP contribution in [0, 0.1) is 5.82 Å². The first-order valence-corrected chi connectivity index (χ1v) is 4.72. The van der Waals surface area contributed by atoms with Crippen LogP contribution in [0.3, 0.4) is 0 Å². The summed E-state index contributed by atoms with van der Waals surface area (Å²) in [6.07, 6.45) is 0. The second kappa shape index (κ2) is 3.86. The predicted molar refractivity (Wildman–Crippen MR) is 56.1 cm³/mol. The van der Waals surface area contributed by atoms with Gasteiger partial charge in [-0.25, -0.2) is 4.39 Å². The van der Waals surface area contributed by atoms with Gasteiger partial charge in [0.2, 0.25) is 5.58 Å². The molecule has 5 heteroatoms. The van der Waals surface area contributed by atoms with E-state index in [4.69, 9.17) is 10.3 Å². The molecule has 0 saturated carbocycles. The summed E-state index contributed by atoms with van der Waals surface area (Å²) in [6, 6.07) is 4.71. The van der Waals surface area contributed by atoms with Gasteiger partial charge in [0.15, 0.2) is 11.6 Å². The van der Waals surface area contributed by atoms with E-state index in [-0.39, 0.29) is 11.6 Å². The Morgan fingerprint density at radius 1 is 1.60 bits per heavy atom. The Labute approximate surface area is 86.2 Å². The molecule has 0 aliphatic heterocycles. The first-order valence-electron chi connectivity index (χ1n) is 4.72. The molecule has 0 amide bonds. The van der Waals surface area contributed by atoms with Crippen LogP contribution in [-0.2, 0) is 0 Å². The number of rotatable bonds is 3. The molecular weight excluding hydrogens is 197 g/mol. The summed E-state index contributed by atoms with van der Waals surface area (Å²) in [6.45, 7) is 2.44. The summed E-state index contributed by atoms with van der Waals surface area (Å²) in [7, 11) is 0. The Bertz CT molecular complexity index is 467. The molecule has 0 spiro atoms. The second-order valence-electron chi connectivity index (χ2n) is 3.51. The maximum absolute atomic E-state index is 13.2. The third-order valence-electron chi connectivity index (χ3n) is 2.04. The van der Waals surface area contributed by atoms with Crippen LogP contribution in [-0.4, -0.2) is 17.7 Å². The molecule has 1 unspecified atom stereocenters. The van der Waals surface area contributed by atoms with E-state index in [1.54, 1.807) is 12.1 Å². The first-order chi connectivity index (χ1) is 7.18. The highest BCUT2D eigenvalue weighted by Gasteiger charge is 2.11. The van der Waals surface area contributed by atoms with E-state index in [1.165, 1.54) is 6.07 Å². The summed E-state index contributed by atoms with van der Waals surface area (Å²) in [4.78, 5) is 0. The molecule has 2 aromatic rings. The number of hydrogen-bond donors (Lipinski definition) is 2. The summed E-state index contributed by atoms with van der Waals surface area (Å²) < 4.78 is 18.1. The molecule has 4 nitrogen and oxygen atoms in total. The van der Waals surface area contributed by atoms with Gasteiger partial charge in [0.1, 0.15) is 0 Å². The largest absolute Gasteiger partial charge is 0.365 e. The van der Waals surface area contributed by atoms with Crippen LogP contribution in [0.4, 0.5) is 10.2 Å². The SMILES string of the molecule is CC(N)CNc1noc2c(F)cccc12. The van der Waals surface area contributed by atoms with Gasteiger partial charge in [0.25, 0.3) is 0 Å². The van der Waals surface area contributed by atoms with Crippen molar-refractivity contribution in [1.82, 2.24) is 5.16 Å². The van der Waals surface area contributed by atoms with E-state index < -0.39 is 5.82 Å². The van der Waals surface area contributed by atoms with Gasteiger partial charge in [0, 0.05) is 12.6 Å². The van der Waals surface area contributed by atoms with Crippen LogP contribution in [0.5, 0.6) is 0 Å². The first kappa shape index (κ1) is 9.92. The highest BCUT2D eigenvalue weighted by molar-refractivity contribution is 5.88. The molecule has 1 aromatic carbocycles. The van der Waals surface area contributed by atoms with Gasteiger partial charge >= 0.3 is 0 Å². The fraction of sp³-hybridized carbons (Fsp3) is 0.300. The van der Waals surface area contributed by atoms with Gasteiger partial charge in [-0.2, -0.15) is 0 Å². The van der Waals surface area contributed by atoms with Crippen molar-refractivity contribution in [3.63, 3.8) is 0 Å². The minimum atomic E-state index is -0.408. The third kappa shape index (κ3) is 1.92. The fourth-order valence-electron chi connectivity index (χ4n) is 1.31. The van der Waals surface area contributed by atoms with E-state index in [0.717, 1.165) is 0 Å². The lowest BCUT2D eigenvalue weighted by molar-refractivity contribution is 0.443. The smallest absolute Gasteiger partial charge is 0.204 e. The number of aromatic nitrogens is 1. The maximum Gasteiger partial charge on any atom is 0.204 e. The zero-order chi connectivity index (χ0) is 10.8.